The zero-order valence-electron chi connectivity index (χ0n) is 14.7. The Morgan fingerprint density at radius 3 is 2.35 bits per heavy atom. The summed E-state index contributed by atoms with van der Waals surface area (Å²) in [6.07, 6.45) is 1.20. The fraction of sp³-hybridized carbons (Fsp3) is 0.579. The summed E-state index contributed by atoms with van der Waals surface area (Å²) in [5.41, 5.74) is 9.07. The van der Waals surface area contributed by atoms with E-state index in [4.69, 9.17) is 5.73 Å². The maximum atomic E-state index is 5.74. The summed E-state index contributed by atoms with van der Waals surface area (Å²) >= 11 is 0. The van der Waals surface area contributed by atoms with Crippen LogP contribution in [0.5, 0.6) is 0 Å². The predicted molar refractivity (Wildman–Crippen MR) is 99.2 cm³/mol. The molecule has 3 N–H and O–H groups in total. The monoisotopic (exact) mass is 316 g/mol. The highest BCUT2D eigenvalue weighted by Gasteiger charge is 2.17. The van der Waals surface area contributed by atoms with Gasteiger partial charge in [-0.1, -0.05) is 32.6 Å². The minimum Gasteiger partial charge on any atom is -0.399 e. The molecule has 0 saturated carbocycles. The van der Waals surface area contributed by atoms with Gasteiger partial charge in [-0.15, -0.1) is 0 Å². The Morgan fingerprint density at radius 2 is 1.74 bits per heavy atom. The molecule has 4 nitrogen and oxygen atoms in total. The molecule has 0 aliphatic carbocycles. The molecule has 0 spiro atoms. The third-order valence-electron chi connectivity index (χ3n) is 4.36. The van der Waals surface area contributed by atoms with Gasteiger partial charge in [-0.2, -0.15) is 0 Å². The van der Waals surface area contributed by atoms with Crippen LogP contribution in [0.1, 0.15) is 25.8 Å². The topological polar surface area (TPSA) is 44.5 Å². The third-order valence-corrected chi connectivity index (χ3v) is 4.36. The summed E-state index contributed by atoms with van der Waals surface area (Å²) in [7, 11) is 0. The van der Waals surface area contributed by atoms with Crippen molar-refractivity contribution in [3.8, 4) is 0 Å². The Morgan fingerprint density at radius 1 is 1.13 bits per heavy atom. The van der Waals surface area contributed by atoms with E-state index in [2.05, 4.69) is 47.7 Å². The van der Waals surface area contributed by atoms with Crippen LogP contribution in [0.3, 0.4) is 0 Å². The summed E-state index contributed by atoms with van der Waals surface area (Å²) in [6, 6.07) is 8.22. The van der Waals surface area contributed by atoms with Crippen molar-refractivity contribution in [3.63, 3.8) is 0 Å². The van der Waals surface area contributed by atoms with E-state index >= 15 is 0 Å². The van der Waals surface area contributed by atoms with Gasteiger partial charge in [0.25, 0.3) is 0 Å². The van der Waals surface area contributed by atoms with E-state index in [0.717, 1.165) is 63.1 Å². The van der Waals surface area contributed by atoms with Crippen LogP contribution in [-0.4, -0.2) is 49.1 Å². The van der Waals surface area contributed by atoms with Crippen molar-refractivity contribution in [1.29, 1.82) is 0 Å². The van der Waals surface area contributed by atoms with Gasteiger partial charge in [0.1, 0.15) is 0 Å². The van der Waals surface area contributed by atoms with Crippen LogP contribution in [0, 0.1) is 5.92 Å². The fourth-order valence-electron chi connectivity index (χ4n) is 2.85. The van der Waals surface area contributed by atoms with Crippen LogP contribution in [0.15, 0.2) is 36.5 Å². The number of nitrogens with two attached hydrogens (primary N) is 1. The highest BCUT2D eigenvalue weighted by Crippen LogP contribution is 2.11. The molecular weight excluding hydrogens is 284 g/mol. The van der Waals surface area contributed by atoms with E-state index in [1.807, 2.05) is 12.1 Å². The van der Waals surface area contributed by atoms with Crippen molar-refractivity contribution in [1.82, 2.24) is 15.1 Å². The van der Waals surface area contributed by atoms with E-state index in [0.29, 0.717) is 0 Å². The normalized spacial score (nSPS) is 16.7. The second-order valence-corrected chi connectivity index (χ2v) is 7.01. The lowest BCUT2D eigenvalue weighted by Gasteiger charge is -2.35. The smallest absolute Gasteiger partial charge is 0.0376 e. The van der Waals surface area contributed by atoms with Gasteiger partial charge in [-0.25, -0.2) is 0 Å². The molecule has 0 radical (unpaired) electrons. The number of hydrogen-bond donors (Lipinski definition) is 2. The summed E-state index contributed by atoms with van der Waals surface area (Å²) < 4.78 is 0. The van der Waals surface area contributed by atoms with Gasteiger partial charge < -0.3 is 11.1 Å². The van der Waals surface area contributed by atoms with E-state index in [1.165, 1.54) is 12.0 Å². The van der Waals surface area contributed by atoms with Crippen LogP contribution in [0.2, 0.25) is 0 Å². The summed E-state index contributed by atoms with van der Waals surface area (Å²) in [4.78, 5) is 5.00. The fourth-order valence-corrected chi connectivity index (χ4v) is 2.85. The van der Waals surface area contributed by atoms with Gasteiger partial charge in [-0.05, 0) is 30.0 Å². The molecule has 4 heteroatoms. The number of benzene rings is 1. The van der Waals surface area contributed by atoms with Gasteiger partial charge in [-0.3, -0.25) is 9.80 Å². The van der Waals surface area contributed by atoms with Crippen molar-refractivity contribution in [2.24, 2.45) is 5.92 Å². The Balaban J connectivity index is 1.65. The Bertz CT molecular complexity index is 473. The van der Waals surface area contributed by atoms with E-state index in [9.17, 15) is 0 Å². The highest BCUT2D eigenvalue weighted by molar-refractivity contribution is 5.39. The average Bonchev–Trinajstić information content (AvgIpc) is 2.51. The number of nitrogen functional groups attached to an aromatic ring is 1. The lowest BCUT2D eigenvalue weighted by Crippen LogP contribution is -2.47. The first-order valence-corrected chi connectivity index (χ1v) is 8.73. The van der Waals surface area contributed by atoms with Crippen molar-refractivity contribution < 1.29 is 0 Å². The molecule has 1 aromatic rings. The first-order valence-electron chi connectivity index (χ1n) is 8.73. The van der Waals surface area contributed by atoms with E-state index < -0.39 is 0 Å². The number of rotatable bonds is 8. The number of piperazine rings is 1. The van der Waals surface area contributed by atoms with Crippen LogP contribution < -0.4 is 11.1 Å². The minimum atomic E-state index is 0.743. The lowest BCUT2D eigenvalue weighted by atomic mass is 10.1. The molecule has 23 heavy (non-hydrogen) atoms. The number of nitrogens with zero attached hydrogens (tertiary/aromatic N) is 2. The predicted octanol–water partition coefficient (Wildman–Crippen LogP) is 2.54. The molecule has 1 aliphatic heterocycles. The minimum absolute atomic E-state index is 0.743. The maximum Gasteiger partial charge on any atom is 0.0376 e. The summed E-state index contributed by atoms with van der Waals surface area (Å²) in [5.74, 6) is 0.743. The van der Waals surface area contributed by atoms with Crippen molar-refractivity contribution >= 4 is 5.69 Å². The van der Waals surface area contributed by atoms with Gasteiger partial charge in [0.15, 0.2) is 0 Å². The van der Waals surface area contributed by atoms with Crippen molar-refractivity contribution in [2.75, 3.05) is 45.0 Å². The van der Waals surface area contributed by atoms with Crippen molar-refractivity contribution in [2.45, 2.75) is 26.8 Å². The van der Waals surface area contributed by atoms with Crippen LogP contribution in [0.25, 0.3) is 0 Å². The zero-order valence-corrected chi connectivity index (χ0v) is 14.7. The molecule has 0 atom stereocenters. The van der Waals surface area contributed by atoms with Crippen LogP contribution in [-0.2, 0) is 6.54 Å². The molecule has 1 saturated heterocycles. The number of hydrogen-bond acceptors (Lipinski definition) is 4. The van der Waals surface area contributed by atoms with Crippen molar-refractivity contribution in [3.05, 3.63) is 42.1 Å². The third kappa shape index (κ3) is 6.63. The average molecular weight is 316 g/mol. The van der Waals surface area contributed by atoms with Crippen LogP contribution >= 0.6 is 0 Å². The largest absolute Gasteiger partial charge is 0.399 e. The quantitative estimate of drug-likeness (QED) is 0.724. The van der Waals surface area contributed by atoms with Gasteiger partial charge >= 0.3 is 0 Å². The first kappa shape index (κ1) is 17.8. The SMILES string of the molecule is C=C(CN1CCN(Cc2ccc(N)cc2)CC1)NCCC(C)C. The summed E-state index contributed by atoms with van der Waals surface area (Å²) in [6.45, 7) is 16.1. The molecule has 0 amide bonds. The maximum absolute atomic E-state index is 5.74. The Labute approximate surface area is 141 Å². The highest BCUT2D eigenvalue weighted by atomic mass is 15.3. The van der Waals surface area contributed by atoms with Gasteiger partial charge in [0.05, 0.1) is 0 Å². The molecule has 128 valence electrons. The molecule has 1 heterocycles. The summed E-state index contributed by atoms with van der Waals surface area (Å²) in [5, 5.41) is 3.46. The molecule has 2 rings (SSSR count). The lowest BCUT2D eigenvalue weighted by molar-refractivity contribution is 0.133. The molecule has 1 aliphatic rings. The standard InChI is InChI=1S/C19H32N4/c1-16(2)8-9-21-17(3)14-22-10-12-23(13-11-22)15-18-4-6-19(20)7-5-18/h4-7,16,21H,3,8-15,20H2,1-2H3. The second kappa shape index (κ2) is 8.94. The van der Waals surface area contributed by atoms with E-state index in [1.54, 1.807) is 0 Å². The number of nitrogens with one attached hydrogen (secondary N) is 1. The zero-order chi connectivity index (χ0) is 16.7. The van der Waals surface area contributed by atoms with Gasteiger partial charge in [0, 0.05) is 57.2 Å². The molecule has 0 aromatic heterocycles. The first-order chi connectivity index (χ1) is 11.0. The molecule has 1 fully saturated rings. The van der Waals surface area contributed by atoms with E-state index in [-0.39, 0.29) is 0 Å². The number of anilines is 1. The molecule has 0 bridgehead atoms. The molecule has 0 unspecified atom stereocenters. The van der Waals surface area contributed by atoms with Crippen LogP contribution in [0.4, 0.5) is 5.69 Å². The molecule has 1 aromatic carbocycles. The van der Waals surface area contributed by atoms with Gasteiger partial charge in [0.2, 0.25) is 0 Å². The second-order valence-electron chi connectivity index (χ2n) is 7.01. The Hall–Kier alpha value is -1.52. The molecular formula is C19H32N4. The Kier molecular flexibility index (Phi) is 6.93.